The number of aromatic nitrogens is 1. The third-order valence-electron chi connectivity index (χ3n) is 7.55. The smallest absolute Gasteiger partial charge is 0.331 e. The van der Waals surface area contributed by atoms with Gasteiger partial charge >= 0.3 is 5.97 Å². The Hall–Kier alpha value is -4.08. The van der Waals surface area contributed by atoms with E-state index in [1.807, 2.05) is 91.0 Å². The van der Waals surface area contributed by atoms with Crippen LogP contribution in [0.5, 0.6) is 0 Å². The van der Waals surface area contributed by atoms with Gasteiger partial charge in [-0.15, -0.1) is 23.4 Å². The van der Waals surface area contributed by atoms with Crippen molar-refractivity contribution in [1.82, 2.24) is 15.4 Å². The molecule has 42 heavy (non-hydrogen) atoms. The first-order valence-electron chi connectivity index (χ1n) is 13.5. The summed E-state index contributed by atoms with van der Waals surface area (Å²) in [6, 6.07) is 26.2. The van der Waals surface area contributed by atoms with Crippen molar-refractivity contribution in [3.05, 3.63) is 113 Å². The molecule has 2 saturated heterocycles. The van der Waals surface area contributed by atoms with Gasteiger partial charge in [0.15, 0.2) is 12.1 Å². The number of carbonyl (C=O) groups is 3. The molecule has 1 unspecified atom stereocenters. The van der Waals surface area contributed by atoms with Crippen LogP contribution in [0.15, 0.2) is 95.5 Å². The van der Waals surface area contributed by atoms with Crippen molar-refractivity contribution in [1.29, 1.82) is 0 Å². The summed E-state index contributed by atoms with van der Waals surface area (Å²) in [5, 5.41) is 6.44. The van der Waals surface area contributed by atoms with E-state index in [1.165, 1.54) is 16.7 Å². The minimum atomic E-state index is -1.08. The van der Waals surface area contributed by atoms with Crippen LogP contribution in [0, 0.1) is 6.92 Å². The second-order valence-electron chi connectivity index (χ2n) is 10.5. The number of β-lactam (4-membered cyclic amide) rings is 1. The lowest BCUT2D eigenvalue weighted by molar-refractivity contribution is -0.168. The van der Waals surface area contributed by atoms with Gasteiger partial charge in [0.25, 0.3) is 5.91 Å². The number of carbonyl (C=O) groups excluding carboxylic acids is 3. The third-order valence-corrected chi connectivity index (χ3v) is 9.66. The number of amides is 2. The predicted octanol–water partition coefficient (Wildman–Crippen LogP) is 5.36. The van der Waals surface area contributed by atoms with Gasteiger partial charge in [0.1, 0.15) is 28.4 Å². The summed E-state index contributed by atoms with van der Waals surface area (Å²) in [6.07, 6.45) is -0.680. The summed E-state index contributed by atoms with van der Waals surface area (Å²) in [5.41, 5.74) is 2.98. The summed E-state index contributed by atoms with van der Waals surface area (Å²) >= 11 is 8.31. The monoisotopic (exact) mass is 601 g/mol. The van der Waals surface area contributed by atoms with Crippen LogP contribution in [0.2, 0.25) is 0 Å². The lowest BCUT2D eigenvalue weighted by Crippen LogP contribution is -2.78. The highest BCUT2D eigenvalue weighted by molar-refractivity contribution is 8.00. The molecule has 0 saturated carbocycles. The van der Waals surface area contributed by atoms with E-state index < -0.39 is 46.2 Å². The van der Waals surface area contributed by atoms with Crippen LogP contribution in [0.4, 0.5) is 0 Å². The van der Waals surface area contributed by atoms with Gasteiger partial charge < -0.3 is 19.5 Å². The molecule has 0 bridgehead atoms. The number of fused-ring (bicyclic) bond motifs is 1. The number of benzene rings is 3. The van der Waals surface area contributed by atoms with Crippen molar-refractivity contribution in [3.8, 4) is 11.3 Å². The summed E-state index contributed by atoms with van der Waals surface area (Å²) < 4.78 is 11.5. The molecule has 2 amide bonds. The van der Waals surface area contributed by atoms with E-state index in [1.54, 1.807) is 13.8 Å². The lowest BCUT2D eigenvalue weighted by Gasteiger charge is -2.56. The van der Waals surface area contributed by atoms with Gasteiger partial charge in [-0.05, 0) is 25.0 Å². The molecule has 1 N–H and O–H groups in total. The zero-order chi connectivity index (χ0) is 29.4. The number of ether oxygens (including phenoxy) is 1. The van der Waals surface area contributed by atoms with Gasteiger partial charge in [-0.1, -0.05) is 96.2 Å². The van der Waals surface area contributed by atoms with Gasteiger partial charge in [-0.3, -0.25) is 9.59 Å². The number of aryl methyl sites for hydroxylation is 1. The van der Waals surface area contributed by atoms with Crippen LogP contribution < -0.4 is 5.32 Å². The summed E-state index contributed by atoms with van der Waals surface area (Å²) in [6.45, 7) is 3.38. The van der Waals surface area contributed by atoms with E-state index in [9.17, 15) is 14.4 Å². The van der Waals surface area contributed by atoms with Crippen molar-refractivity contribution in [2.24, 2.45) is 0 Å². The number of nitrogens with one attached hydrogen (secondary N) is 1. The maximum atomic E-state index is 13.9. The Bertz CT molecular complexity index is 1570. The average molecular weight is 602 g/mol. The van der Waals surface area contributed by atoms with Crippen LogP contribution >= 0.6 is 23.4 Å². The molecule has 4 atom stereocenters. The van der Waals surface area contributed by atoms with Crippen LogP contribution in [-0.4, -0.2) is 55.9 Å². The molecule has 6 rings (SSSR count). The van der Waals surface area contributed by atoms with Crippen molar-refractivity contribution in [3.63, 3.8) is 0 Å². The van der Waals surface area contributed by atoms with Gasteiger partial charge in [0, 0.05) is 11.3 Å². The van der Waals surface area contributed by atoms with Gasteiger partial charge in [0.2, 0.25) is 5.91 Å². The normalized spacial score (nSPS) is 23.2. The van der Waals surface area contributed by atoms with Gasteiger partial charge in [0.05, 0.1) is 4.87 Å². The fourth-order valence-electron chi connectivity index (χ4n) is 5.46. The van der Waals surface area contributed by atoms with E-state index in [2.05, 4.69) is 10.5 Å². The first-order chi connectivity index (χ1) is 20.3. The fraction of sp³-hybridized carbons (Fsp3) is 0.250. The molecular formula is C32H28ClN3O5S. The molecule has 0 spiro atoms. The topological polar surface area (TPSA) is 102 Å². The SMILES string of the molecule is Cc1onc(-c2ccccc2)c1C(=O)N[C@@H]1C(=O)N2[C@@H]1SCC(C)(Cl)[C@@H]2C(=O)OC(c1ccccc1)c1ccccc1. The molecule has 4 aromatic rings. The molecule has 2 fully saturated rings. The number of hydrogen-bond donors (Lipinski definition) is 1. The Balaban J connectivity index is 1.23. The third kappa shape index (κ3) is 5.07. The Kier molecular flexibility index (Phi) is 7.55. The first-order valence-corrected chi connectivity index (χ1v) is 14.9. The minimum absolute atomic E-state index is 0.264. The number of halogens is 1. The number of thioether (sulfide) groups is 1. The fourth-order valence-corrected chi connectivity index (χ4v) is 7.26. The molecule has 8 nitrogen and oxygen atoms in total. The number of rotatable bonds is 7. The standard InChI is InChI=1S/C32H28ClN3O5S/c1-19-23(24(35-41-19)20-12-6-3-7-13-20)28(37)34-25-29(38)36-27(32(2,33)18-42-30(25)36)31(39)40-26(21-14-8-4-9-15-21)22-16-10-5-11-17-22/h3-17,25-27,30H,18H2,1-2H3,(H,34,37)/t25-,27+,30-,32?/m1/s1. The maximum absolute atomic E-state index is 13.9. The summed E-state index contributed by atoms with van der Waals surface area (Å²) in [7, 11) is 0. The van der Waals surface area contributed by atoms with Gasteiger partial charge in [-0.2, -0.15) is 0 Å². The van der Waals surface area contributed by atoms with E-state index in [-0.39, 0.29) is 5.56 Å². The zero-order valence-electron chi connectivity index (χ0n) is 22.9. The number of esters is 1. The summed E-state index contributed by atoms with van der Waals surface area (Å²) in [5.74, 6) is -0.764. The van der Waals surface area contributed by atoms with Crippen LogP contribution in [-0.2, 0) is 14.3 Å². The largest absolute Gasteiger partial charge is 0.451 e. The van der Waals surface area contributed by atoms with Crippen molar-refractivity contribution in [2.75, 3.05) is 5.75 Å². The van der Waals surface area contributed by atoms with E-state index >= 15 is 0 Å². The second kappa shape index (κ2) is 11.3. The summed E-state index contributed by atoms with van der Waals surface area (Å²) in [4.78, 5) is 41.2. The van der Waals surface area contributed by atoms with Crippen LogP contribution in [0.25, 0.3) is 11.3 Å². The highest BCUT2D eigenvalue weighted by atomic mass is 35.5. The highest BCUT2D eigenvalue weighted by Crippen LogP contribution is 2.46. The number of nitrogens with zero attached hydrogens (tertiary/aromatic N) is 2. The molecule has 10 heteroatoms. The molecule has 3 aromatic carbocycles. The number of alkyl halides is 1. The molecule has 1 aromatic heterocycles. The van der Waals surface area contributed by atoms with Crippen molar-refractivity contribution in [2.45, 2.75) is 42.3 Å². The maximum Gasteiger partial charge on any atom is 0.331 e. The lowest BCUT2D eigenvalue weighted by atomic mass is 9.93. The highest BCUT2D eigenvalue weighted by Gasteiger charge is 2.61. The predicted molar refractivity (Wildman–Crippen MR) is 160 cm³/mol. The van der Waals surface area contributed by atoms with Gasteiger partial charge in [-0.25, -0.2) is 4.79 Å². The van der Waals surface area contributed by atoms with Crippen LogP contribution in [0.3, 0.4) is 0 Å². The molecule has 3 heterocycles. The zero-order valence-corrected chi connectivity index (χ0v) is 24.5. The molecule has 2 aliphatic heterocycles. The molecule has 0 aliphatic carbocycles. The van der Waals surface area contributed by atoms with Crippen LogP contribution in [0.1, 0.15) is 40.3 Å². The molecular weight excluding hydrogens is 574 g/mol. The molecule has 2 aliphatic rings. The Morgan fingerprint density at radius 1 is 1.02 bits per heavy atom. The first kappa shape index (κ1) is 28.1. The van der Waals surface area contributed by atoms with E-state index in [0.717, 1.165) is 16.7 Å². The van der Waals surface area contributed by atoms with Crippen molar-refractivity contribution >= 4 is 41.1 Å². The van der Waals surface area contributed by atoms with E-state index in [4.69, 9.17) is 20.9 Å². The number of hydrogen-bond acceptors (Lipinski definition) is 7. The Morgan fingerprint density at radius 3 is 2.19 bits per heavy atom. The average Bonchev–Trinajstić information content (AvgIpc) is 3.40. The Labute approximate surface area is 252 Å². The molecule has 0 radical (unpaired) electrons. The Morgan fingerprint density at radius 2 is 1.60 bits per heavy atom. The second-order valence-corrected chi connectivity index (χ2v) is 12.5. The quantitative estimate of drug-likeness (QED) is 0.173. The van der Waals surface area contributed by atoms with Crippen molar-refractivity contribution < 1.29 is 23.6 Å². The molecule has 214 valence electrons. The van der Waals surface area contributed by atoms with E-state index in [0.29, 0.717) is 17.2 Å². The minimum Gasteiger partial charge on any atom is -0.451 e.